The molecule has 3 rings (SSSR count). The second-order valence-corrected chi connectivity index (χ2v) is 6.18. The molecule has 2 aromatic rings. The number of ether oxygens (including phenoxy) is 1. The zero-order chi connectivity index (χ0) is 17.5. The van der Waals surface area contributed by atoms with Crippen molar-refractivity contribution in [1.82, 2.24) is 24.6 Å². The van der Waals surface area contributed by atoms with Gasteiger partial charge in [0.1, 0.15) is 0 Å². The zero-order valence-corrected chi connectivity index (χ0v) is 14.5. The summed E-state index contributed by atoms with van der Waals surface area (Å²) in [5, 5.41) is 7.63. The van der Waals surface area contributed by atoms with Crippen LogP contribution in [0.25, 0.3) is 0 Å². The van der Waals surface area contributed by atoms with Crippen molar-refractivity contribution in [3.05, 3.63) is 36.4 Å². The highest BCUT2D eigenvalue weighted by Crippen LogP contribution is 2.19. The van der Waals surface area contributed by atoms with Gasteiger partial charge in [-0.3, -0.25) is 9.48 Å². The van der Waals surface area contributed by atoms with Gasteiger partial charge in [0, 0.05) is 45.3 Å². The minimum atomic E-state index is 0.126. The minimum Gasteiger partial charge on any atom is -0.384 e. The highest BCUT2D eigenvalue weighted by Gasteiger charge is 2.25. The summed E-state index contributed by atoms with van der Waals surface area (Å²) in [5.41, 5.74) is 1.08. The fourth-order valence-electron chi connectivity index (χ4n) is 3.03. The van der Waals surface area contributed by atoms with E-state index in [1.54, 1.807) is 31.8 Å². The number of hydrogen-bond acceptors (Lipinski definition) is 6. The largest absolute Gasteiger partial charge is 0.384 e. The third kappa shape index (κ3) is 4.76. The maximum Gasteiger partial charge on any atom is 0.225 e. The van der Waals surface area contributed by atoms with Crippen LogP contribution in [-0.4, -0.2) is 57.4 Å². The van der Waals surface area contributed by atoms with Crippen LogP contribution in [0, 0.1) is 5.92 Å². The van der Waals surface area contributed by atoms with Crippen molar-refractivity contribution in [2.75, 3.05) is 32.1 Å². The standard InChI is InChI=1S/C17H24N6O2/c1-25-10-5-16(24)22-11-14(12-23-15(13-22)4-9-21-23)3-8-20-17-18-6-2-7-19-17/h2,4,6-7,9,14H,3,5,8,10-13H2,1H3,(H,18,19,20). The fourth-order valence-corrected chi connectivity index (χ4v) is 3.03. The number of methoxy groups -OCH3 is 1. The van der Waals surface area contributed by atoms with Crippen LogP contribution in [0.5, 0.6) is 0 Å². The van der Waals surface area contributed by atoms with Crippen LogP contribution >= 0.6 is 0 Å². The Morgan fingerprint density at radius 1 is 1.32 bits per heavy atom. The second-order valence-electron chi connectivity index (χ2n) is 6.18. The summed E-state index contributed by atoms with van der Waals surface area (Å²) >= 11 is 0. The number of carbonyl (C=O) groups is 1. The van der Waals surface area contributed by atoms with Crippen LogP contribution in [0.1, 0.15) is 18.5 Å². The van der Waals surface area contributed by atoms with Crippen LogP contribution < -0.4 is 5.32 Å². The monoisotopic (exact) mass is 344 g/mol. The Bertz CT molecular complexity index is 675. The molecule has 0 saturated carbocycles. The lowest BCUT2D eigenvalue weighted by molar-refractivity contribution is -0.133. The molecule has 0 radical (unpaired) electrons. The molecule has 0 aliphatic carbocycles. The summed E-state index contributed by atoms with van der Waals surface area (Å²) in [4.78, 5) is 22.7. The summed E-state index contributed by atoms with van der Waals surface area (Å²) in [7, 11) is 1.62. The first-order valence-electron chi connectivity index (χ1n) is 8.54. The summed E-state index contributed by atoms with van der Waals surface area (Å²) in [6, 6.07) is 3.77. The SMILES string of the molecule is COCCC(=O)N1Cc2ccnn2CC(CCNc2ncccn2)C1. The highest BCUT2D eigenvalue weighted by atomic mass is 16.5. The third-order valence-corrected chi connectivity index (χ3v) is 4.34. The predicted octanol–water partition coefficient (Wildman–Crippen LogP) is 1.17. The van der Waals surface area contributed by atoms with Crippen molar-refractivity contribution < 1.29 is 9.53 Å². The van der Waals surface area contributed by atoms with Crippen molar-refractivity contribution in [3.8, 4) is 0 Å². The van der Waals surface area contributed by atoms with E-state index in [1.807, 2.05) is 15.6 Å². The number of rotatable bonds is 7. The van der Waals surface area contributed by atoms with Gasteiger partial charge in [0.25, 0.3) is 0 Å². The molecule has 3 heterocycles. The van der Waals surface area contributed by atoms with E-state index in [1.165, 1.54) is 0 Å². The molecule has 0 bridgehead atoms. The number of nitrogens with zero attached hydrogens (tertiary/aromatic N) is 5. The normalized spacial score (nSPS) is 17.0. The summed E-state index contributed by atoms with van der Waals surface area (Å²) in [6.07, 6.45) is 6.55. The van der Waals surface area contributed by atoms with Crippen LogP contribution in [0.2, 0.25) is 0 Å². The molecule has 1 aliphatic heterocycles. The number of aromatic nitrogens is 4. The first-order valence-corrected chi connectivity index (χ1v) is 8.54. The smallest absolute Gasteiger partial charge is 0.225 e. The van der Waals surface area contributed by atoms with Gasteiger partial charge >= 0.3 is 0 Å². The van der Waals surface area contributed by atoms with E-state index in [0.717, 1.165) is 31.7 Å². The van der Waals surface area contributed by atoms with Gasteiger partial charge in [0.15, 0.2) is 0 Å². The Kier molecular flexibility index (Phi) is 5.95. The van der Waals surface area contributed by atoms with Crippen molar-refractivity contribution in [3.63, 3.8) is 0 Å². The molecule has 2 aromatic heterocycles. The molecular formula is C17H24N6O2. The zero-order valence-electron chi connectivity index (χ0n) is 14.5. The van der Waals surface area contributed by atoms with Gasteiger partial charge in [-0.25, -0.2) is 9.97 Å². The summed E-state index contributed by atoms with van der Waals surface area (Å²) in [6.45, 7) is 3.35. The topological polar surface area (TPSA) is 85.2 Å². The molecule has 0 saturated heterocycles. The Labute approximate surface area is 147 Å². The first kappa shape index (κ1) is 17.3. The number of hydrogen-bond donors (Lipinski definition) is 1. The molecule has 1 amide bonds. The van der Waals surface area contributed by atoms with Gasteiger partial charge in [-0.2, -0.15) is 5.10 Å². The van der Waals surface area contributed by atoms with Gasteiger partial charge in [-0.05, 0) is 24.5 Å². The van der Waals surface area contributed by atoms with Crippen molar-refractivity contribution in [2.45, 2.75) is 25.9 Å². The van der Waals surface area contributed by atoms with Gasteiger partial charge in [-0.1, -0.05) is 0 Å². The average molecular weight is 344 g/mol. The van der Waals surface area contributed by atoms with E-state index in [-0.39, 0.29) is 5.91 Å². The molecule has 0 fully saturated rings. The van der Waals surface area contributed by atoms with E-state index in [0.29, 0.717) is 31.4 Å². The second kappa shape index (κ2) is 8.57. The molecule has 25 heavy (non-hydrogen) atoms. The molecule has 134 valence electrons. The van der Waals surface area contributed by atoms with Crippen molar-refractivity contribution in [2.24, 2.45) is 5.92 Å². The number of fused-ring (bicyclic) bond motifs is 1. The Morgan fingerprint density at radius 2 is 2.16 bits per heavy atom. The maximum atomic E-state index is 12.5. The van der Waals surface area contributed by atoms with E-state index < -0.39 is 0 Å². The van der Waals surface area contributed by atoms with E-state index in [4.69, 9.17) is 4.74 Å². The molecule has 1 atom stereocenters. The number of nitrogens with one attached hydrogen (secondary N) is 1. The van der Waals surface area contributed by atoms with E-state index in [9.17, 15) is 4.79 Å². The molecular weight excluding hydrogens is 320 g/mol. The Balaban J connectivity index is 1.61. The van der Waals surface area contributed by atoms with Crippen molar-refractivity contribution in [1.29, 1.82) is 0 Å². The molecule has 0 spiro atoms. The lowest BCUT2D eigenvalue weighted by Gasteiger charge is -2.24. The van der Waals surface area contributed by atoms with Crippen molar-refractivity contribution >= 4 is 11.9 Å². The summed E-state index contributed by atoms with van der Waals surface area (Å²) in [5.74, 6) is 1.08. The number of amides is 1. The van der Waals surface area contributed by atoms with E-state index in [2.05, 4.69) is 20.4 Å². The van der Waals surface area contributed by atoms with Crippen LogP contribution in [0.4, 0.5) is 5.95 Å². The minimum absolute atomic E-state index is 0.126. The quantitative estimate of drug-likeness (QED) is 0.812. The average Bonchev–Trinajstić information content (AvgIpc) is 2.99. The van der Waals surface area contributed by atoms with Crippen LogP contribution in [0.3, 0.4) is 0 Å². The van der Waals surface area contributed by atoms with E-state index >= 15 is 0 Å². The highest BCUT2D eigenvalue weighted by molar-refractivity contribution is 5.76. The van der Waals surface area contributed by atoms with Gasteiger partial charge < -0.3 is 15.0 Å². The van der Waals surface area contributed by atoms with Gasteiger partial charge in [-0.15, -0.1) is 0 Å². The third-order valence-electron chi connectivity index (χ3n) is 4.34. The fraction of sp³-hybridized carbons (Fsp3) is 0.529. The molecule has 8 nitrogen and oxygen atoms in total. The lowest BCUT2D eigenvalue weighted by Crippen LogP contribution is -2.35. The Hall–Kier alpha value is -2.48. The van der Waals surface area contributed by atoms with Crippen LogP contribution in [0.15, 0.2) is 30.7 Å². The molecule has 1 unspecified atom stereocenters. The molecule has 8 heteroatoms. The first-order chi connectivity index (χ1) is 12.3. The molecule has 1 N–H and O–H groups in total. The lowest BCUT2D eigenvalue weighted by atomic mass is 10.1. The maximum absolute atomic E-state index is 12.5. The summed E-state index contributed by atoms with van der Waals surface area (Å²) < 4.78 is 7.05. The molecule has 0 aromatic carbocycles. The number of carbonyl (C=O) groups excluding carboxylic acids is 1. The molecule has 1 aliphatic rings. The Morgan fingerprint density at radius 3 is 2.96 bits per heavy atom. The van der Waals surface area contributed by atoms with Crippen LogP contribution in [-0.2, 0) is 22.6 Å². The predicted molar refractivity (Wildman–Crippen MR) is 92.8 cm³/mol. The number of anilines is 1. The van der Waals surface area contributed by atoms with Gasteiger partial charge in [0.2, 0.25) is 11.9 Å². The van der Waals surface area contributed by atoms with Gasteiger partial charge in [0.05, 0.1) is 25.3 Å².